The second-order valence-electron chi connectivity index (χ2n) is 5.56. The van der Waals surface area contributed by atoms with Gasteiger partial charge >= 0.3 is 0 Å². The lowest BCUT2D eigenvalue weighted by atomic mass is 9.79. The molecule has 0 bridgehead atoms. The maximum Gasteiger partial charge on any atom is 0.170 e. The van der Waals surface area contributed by atoms with Gasteiger partial charge < -0.3 is 5.73 Å². The van der Waals surface area contributed by atoms with E-state index in [1.165, 1.54) is 24.8 Å². The van der Waals surface area contributed by atoms with Crippen molar-refractivity contribution in [3.8, 4) is 0 Å². The summed E-state index contributed by atoms with van der Waals surface area (Å²) in [6.07, 6.45) is 5.89. The molecule has 2 aliphatic carbocycles. The average molecular weight is 229 g/mol. The number of carbonyl (C=O) groups is 1. The van der Waals surface area contributed by atoms with E-state index < -0.39 is 0 Å². The van der Waals surface area contributed by atoms with Crippen LogP contribution >= 0.6 is 0 Å². The molecule has 1 aromatic carbocycles. The summed E-state index contributed by atoms with van der Waals surface area (Å²) in [7, 11) is 0. The largest absolute Gasteiger partial charge is 0.329 e. The molecule has 90 valence electrons. The molecular weight excluding hydrogens is 210 g/mol. The van der Waals surface area contributed by atoms with Crippen molar-refractivity contribution in [2.45, 2.75) is 38.0 Å². The first kappa shape index (κ1) is 11.0. The number of Topliss-reactive ketones (excluding diaryl/α,β-unsaturated/α-hetero) is 1. The molecule has 0 amide bonds. The van der Waals surface area contributed by atoms with Gasteiger partial charge in [-0.05, 0) is 37.2 Å². The Bertz CT molecular complexity index is 427. The number of ketones is 1. The van der Waals surface area contributed by atoms with Crippen LogP contribution in [-0.4, -0.2) is 12.3 Å². The first-order valence-electron chi connectivity index (χ1n) is 6.60. The SMILES string of the molecule is NCC1(C(=O)c2ccc(C3CCC3)cc2)CC1. The highest BCUT2D eigenvalue weighted by molar-refractivity contribution is 6.02. The number of carbonyl (C=O) groups excluding carboxylic acids is 1. The van der Waals surface area contributed by atoms with Gasteiger partial charge in [0, 0.05) is 17.5 Å². The van der Waals surface area contributed by atoms with Crippen molar-refractivity contribution in [3.05, 3.63) is 35.4 Å². The van der Waals surface area contributed by atoms with Gasteiger partial charge in [0.05, 0.1) is 0 Å². The van der Waals surface area contributed by atoms with Crippen molar-refractivity contribution < 1.29 is 4.79 Å². The lowest BCUT2D eigenvalue weighted by molar-refractivity contribution is 0.0905. The van der Waals surface area contributed by atoms with Gasteiger partial charge in [0.1, 0.15) is 0 Å². The fourth-order valence-electron chi connectivity index (χ4n) is 2.63. The second kappa shape index (κ2) is 3.95. The van der Waals surface area contributed by atoms with Gasteiger partial charge in [-0.3, -0.25) is 4.79 Å². The quantitative estimate of drug-likeness (QED) is 0.807. The van der Waals surface area contributed by atoms with Crippen LogP contribution in [0.5, 0.6) is 0 Å². The zero-order valence-corrected chi connectivity index (χ0v) is 10.1. The zero-order chi connectivity index (χ0) is 11.9. The van der Waals surface area contributed by atoms with E-state index in [-0.39, 0.29) is 11.2 Å². The monoisotopic (exact) mass is 229 g/mol. The molecule has 2 N–H and O–H groups in total. The molecule has 0 saturated heterocycles. The summed E-state index contributed by atoms with van der Waals surface area (Å²) >= 11 is 0. The molecule has 1 aromatic rings. The van der Waals surface area contributed by atoms with Crippen molar-refractivity contribution in [1.29, 1.82) is 0 Å². The molecule has 2 nitrogen and oxygen atoms in total. The molecule has 2 fully saturated rings. The zero-order valence-electron chi connectivity index (χ0n) is 10.1. The number of hydrogen-bond donors (Lipinski definition) is 1. The van der Waals surface area contributed by atoms with E-state index in [4.69, 9.17) is 5.73 Å². The fraction of sp³-hybridized carbons (Fsp3) is 0.533. The van der Waals surface area contributed by atoms with E-state index in [0.29, 0.717) is 6.54 Å². The van der Waals surface area contributed by atoms with Gasteiger partial charge in [-0.15, -0.1) is 0 Å². The molecule has 2 saturated carbocycles. The van der Waals surface area contributed by atoms with Crippen LogP contribution in [0.25, 0.3) is 0 Å². The van der Waals surface area contributed by atoms with E-state index in [1.54, 1.807) is 0 Å². The third-order valence-corrected chi connectivity index (χ3v) is 4.48. The Kier molecular flexibility index (Phi) is 2.55. The van der Waals surface area contributed by atoms with Gasteiger partial charge in [-0.25, -0.2) is 0 Å². The van der Waals surface area contributed by atoms with Gasteiger partial charge in [-0.2, -0.15) is 0 Å². The van der Waals surface area contributed by atoms with Crippen LogP contribution in [0, 0.1) is 5.41 Å². The third-order valence-electron chi connectivity index (χ3n) is 4.48. The predicted octanol–water partition coefficient (Wildman–Crippen LogP) is 2.88. The van der Waals surface area contributed by atoms with Gasteiger partial charge in [0.15, 0.2) is 5.78 Å². The normalized spacial score (nSPS) is 21.9. The number of rotatable bonds is 4. The second-order valence-corrected chi connectivity index (χ2v) is 5.56. The average Bonchev–Trinajstić information content (AvgIpc) is 3.08. The van der Waals surface area contributed by atoms with Crippen LogP contribution in [0.3, 0.4) is 0 Å². The molecule has 0 spiro atoms. The molecule has 2 aliphatic rings. The highest BCUT2D eigenvalue weighted by Crippen LogP contribution is 2.47. The summed E-state index contributed by atoms with van der Waals surface area (Å²) in [6, 6.07) is 8.24. The maximum absolute atomic E-state index is 12.2. The summed E-state index contributed by atoms with van der Waals surface area (Å²) < 4.78 is 0. The van der Waals surface area contributed by atoms with Crippen LogP contribution in [0.1, 0.15) is 53.9 Å². The summed E-state index contributed by atoms with van der Waals surface area (Å²) in [5.41, 5.74) is 7.72. The van der Waals surface area contributed by atoms with E-state index in [2.05, 4.69) is 12.1 Å². The van der Waals surface area contributed by atoms with E-state index in [0.717, 1.165) is 24.3 Å². The number of benzene rings is 1. The smallest absolute Gasteiger partial charge is 0.170 e. The predicted molar refractivity (Wildman–Crippen MR) is 68.1 cm³/mol. The Hall–Kier alpha value is -1.15. The number of nitrogens with two attached hydrogens (primary N) is 1. The first-order valence-corrected chi connectivity index (χ1v) is 6.60. The van der Waals surface area contributed by atoms with Crippen LogP contribution < -0.4 is 5.73 Å². The van der Waals surface area contributed by atoms with Crippen molar-refractivity contribution in [2.75, 3.05) is 6.54 Å². The Morgan fingerprint density at radius 2 is 1.88 bits per heavy atom. The molecule has 3 rings (SSSR count). The van der Waals surface area contributed by atoms with Crippen molar-refractivity contribution in [2.24, 2.45) is 11.1 Å². The first-order chi connectivity index (χ1) is 8.25. The highest BCUT2D eigenvalue weighted by atomic mass is 16.1. The lowest BCUT2D eigenvalue weighted by Gasteiger charge is -2.25. The fourth-order valence-corrected chi connectivity index (χ4v) is 2.63. The molecule has 0 heterocycles. The van der Waals surface area contributed by atoms with E-state index in [9.17, 15) is 4.79 Å². The van der Waals surface area contributed by atoms with Crippen LogP contribution in [0.4, 0.5) is 0 Å². The molecule has 17 heavy (non-hydrogen) atoms. The molecule has 0 unspecified atom stereocenters. The van der Waals surface area contributed by atoms with Crippen LogP contribution in [0.15, 0.2) is 24.3 Å². The van der Waals surface area contributed by atoms with E-state index >= 15 is 0 Å². The highest BCUT2D eigenvalue weighted by Gasteiger charge is 2.48. The van der Waals surface area contributed by atoms with Crippen LogP contribution in [-0.2, 0) is 0 Å². The summed E-state index contributed by atoms with van der Waals surface area (Å²) in [4.78, 5) is 12.2. The summed E-state index contributed by atoms with van der Waals surface area (Å²) in [5, 5.41) is 0. The topological polar surface area (TPSA) is 43.1 Å². The molecular formula is C15H19NO. The molecule has 0 aromatic heterocycles. The molecule has 2 heteroatoms. The van der Waals surface area contributed by atoms with Gasteiger partial charge in [0.25, 0.3) is 0 Å². The summed E-state index contributed by atoms with van der Waals surface area (Å²) in [5.74, 6) is 0.990. The minimum atomic E-state index is -0.210. The third kappa shape index (κ3) is 1.81. The maximum atomic E-state index is 12.2. The summed E-state index contributed by atoms with van der Waals surface area (Å²) in [6.45, 7) is 0.496. The number of hydrogen-bond acceptors (Lipinski definition) is 2. The van der Waals surface area contributed by atoms with Crippen LogP contribution in [0.2, 0.25) is 0 Å². The lowest BCUT2D eigenvalue weighted by Crippen LogP contribution is -2.25. The Morgan fingerprint density at radius 1 is 1.24 bits per heavy atom. The Balaban J connectivity index is 1.77. The standard InChI is InChI=1S/C15H19NO/c16-10-15(8-9-15)14(17)13-6-4-12(5-7-13)11-2-1-3-11/h4-7,11H,1-3,8-10,16H2. The molecule has 0 atom stereocenters. The van der Waals surface area contributed by atoms with Crippen molar-refractivity contribution >= 4 is 5.78 Å². The van der Waals surface area contributed by atoms with Gasteiger partial charge in [0.2, 0.25) is 0 Å². The minimum Gasteiger partial charge on any atom is -0.329 e. The van der Waals surface area contributed by atoms with E-state index in [1.807, 2.05) is 12.1 Å². The Morgan fingerprint density at radius 3 is 2.29 bits per heavy atom. The Labute approximate surface area is 102 Å². The van der Waals surface area contributed by atoms with Gasteiger partial charge in [-0.1, -0.05) is 30.7 Å². The molecule has 0 aliphatic heterocycles. The van der Waals surface area contributed by atoms with Crippen molar-refractivity contribution in [3.63, 3.8) is 0 Å². The minimum absolute atomic E-state index is 0.210. The molecule has 0 radical (unpaired) electrons. The van der Waals surface area contributed by atoms with Crippen molar-refractivity contribution in [1.82, 2.24) is 0 Å².